The summed E-state index contributed by atoms with van der Waals surface area (Å²) in [5.41, 5.74) is 0.571. The summed E-state index contributed by atoms with van der Waals surface area (Å²) >= 11 is 0. The van der Waals surface area contributed by atoms with Gasteiger partial charge in [-0.1, -0.05) is 19.8 Å². The maximum Gasteiger partial charge on any atom is 0.254 e. The molecule has 29 heavy (non-hydrogen) atoms. The number of sulfonamides is 1. The molecule has 3 aliphatic rings. The predicted octanol–water partition coefficient (Wildman–Crippen LogP) is 3.18. The second kappa shape index (κ2) is 8.74. The van der Waals surface area contributed by atoms with Crippen molar-refractivity contribution >= 4 is 15.9 Å². The number of benzene rings is 1. The van der Waals surface area contributed by atoms with Crippen molar-refractivity contribution in [1.82, 2.24) is 9.62 Å². The molecule has 1 saturated carbocycles. The van der Waals surface area contributed by atoms with Gasteiger partial charge < -0.3 is 9.64 Å². The number of piperidine rings is 1. The molecule has 7 heteroatoms. The maximum absolute atomic E-state index is 13.2. The van der Waals surface area contributed by atoms with Crippen LogP contribution in [0.25, 0.3) is 0 Å². The number of nitrogens with zero attached hydrogens (tertiary/aromatic N) is 1. The average molecular weight is 421 g/mol. The van der Waals surface area contributed by atoms with Gasteiger partial charge in [0.1, 0.15) is 0 Å². The van der Waals surface area contributed by atoms with Gasteiger partial charge in [-0.15, -0.1) is 0 Å². The molecule has 1 aromatic carbocycles. The standard InChI is InChI=1S/C22H32N2O4S/c1-16-12-13-24(21-7-3-2-6-20(16)21)22(25)17-8-10-19(11-9-17)29(26,27)23-15-18-5-4-14-28-18/h8-11,16,18,20-21,23H,2-7,12-15H2,1H3/t16-,18+,20+,21+/m1/s1. The van der Waals surface area contributed by atoms with Crippen LogP contribution in [0.4, 0.5) is 0 Å². The minimum absolute atomic E-state index is 0.0325. The lowest BCUT2D eigenvalue weighted by Crippen LogP contribution is -2.52. The highest BCUT2D eigenvalue weighted by molar-refractivity contribution is 7.89. The van der Waals surface area contributed by atoms with Crippen molar-refractivity contribution in [2.75, 3.05) is 19.7 Å². The molecule has 2 aliphatic heterocycles. The molecule has 4 rings (SSSR count). The van der Waals surface area contributed by atoms with Crippen LogP contribution in [-0.2, 0) is 14.8 Å². The minimum atomic E-state index is -3.60. The van der Waals surface area contributed by atoms with Gasteiger partial charge in [-0.2, -0.15) is 0 Å². The molecule has 1 N–H and O–H groups in total. The number of fused-ring (bicyclic) bond motifs is 1. The first-order valence-electron chi connectivity index (χ1n) is 11.0. The zero-order valence-electron chi connectivity index (χ0n) is 17.2. The third kappa shape index (κ3) is 4.52. The van der Waals surface area contributed by atoms with Gasteiger partial charge in [-0.05, 0) is 68.2 Å². The van der Waals surface area contributed by atoms with E-state index in [0.29, 0.717) is 30.0 Å². The Morgan fingerprint density at radius 3 is 2.59 bits per heavy atom. The first-order chi connectivity index (χ1) is 14.0. The van der Waals surface area contributed by atoms with E-state index in [0.717, 1.165) is 32.2 Å². The average Bonchev–Trinajstić information content (AvgIpc) is 3.26. The largest absolute Gasteiger partial charge is 0.377 e. The molecule has 1 aromatic rings. The third-order valence-electron chi connectivity index (χ3n) is 6.94. The second-order valence-electron chi connectivity index (χ2n) is 8.79. The maximum atomic E-state index is 13.2. The third-order valence-corrected chi connectivity index (χ3v) is 8.38. The highest BCUT2D eigenvalue weighted by Gasteiger charge is 2.39. The lowest BCUT2D eigenvalue weighted by molar-refractivity contribution is 0.0217. The van der Waals surface area contributed by atoms with Gasteiger partial charge in [-0.25, -0.2) is 13.1 Å². The lowest BCUT2D eigenvalue weighted by atomic mass is 9.72. The molecule has 3 fully saturated rings. The fourth-order valence-electron chi connectivity index (χ4n) is 5.20. The summed E-state index contributed by atoms with van der Waals surface area (Å²) in [5.74, 6) is 1.31. The first kappa shape index (κ1) is 20.8. The van der Waals surface area contributed by atoms with E-state index in [4.69, 9.17) is 4.74 Å². The van der Waals surface area contributed by atoms with Gasteiger partial charge in [-0.3, -0.25) is 4.79 Å². The molecule has 0 bridgehead atoms. The fraction of sp³-hybridized carbons (Fsp3) is 0.682. The Morgan fingerprint density at radius 2 is 1.86 bits per heavy atom. The van der Waals surface area contributed by atoms with Crippen molar-refractivity contribution in [3.63, 3.8) is 0 Å². The van der Waals surface area contributed by atoms with Crippen LogP contribution in [0, 0.1) is 11.8 Å². The molecule has 2 saturated heterocycles. The van der Waals surface area contributed by atoms with E-state index in [1.54, 1.807) is 12.1 Å². The van der Waals surface area contributed by atoms with Crippen LogP contribution in [0.1, 0.15) is 62.2 Å². The monoisotopic (exact) mass is 420 g/mol. The van der Waals surface area contributed by atoms with Gasteiger partial charge in [0.05, 0.1) is 11.0 Å². The number of hydrogen-bond donors (Lipinski definition) is 1. The van der Waals surface area contributed by atoms with E-state index in [1.165, 1.54) is 31.4 Å². The molecule has 0 radical (unpaired) electrons. The smallest absolute Gasteiger partial charge is 0.254 e. The van der Waals surface area contributed by atoms with E-state index in [2.05, 4.69) is 11.6 Å². The first-order valence-corrected chi connectivity index (χ1v) is 12.5. The molecule has 0 spiro atoms. The topological polar surface area (TPSA) is 75.7 Å². The number of carbonyl (C=O) groups excluding carboxylic acids is 1. The van der Waals surface area contributed by atoms with Crippen LogP contribution >= 0.6 is 0 Å². The van der Waals surface area contributed by atoms with Crippen LogP contribution in [-0.4, -0.2) is 51.1 Å². The lowest BCUT2D eigenvalue weighted by Gasteiger charge is -2.47. The Labute approximate surface area is 174 Å². The molecule has 4 atom stereocenters. The number of carbonyl (C=O) groups is 1. The minimum Gasteiger partial charge on any atom is -0.377 e. The molecule has 1 aliphatic carbocycles. The normalized spacial score (nSPS) is 30.2. The van der Waals surface area contributed by atoms with E-state index in [-0.39, 0.29) is 23.5 Å². The Morgan fingerprint density at radius 1 is 1.10 bits per heavy atom. The van der Waals surface area contributed by atoms with Crippen LogP contribution in [0.2, 0.25) is 0 Å². The summed E-state index contributed by atoms with van der Waals surface area (Å²) in [7, 11) is -3.60. The SMILES string of the molecule is C[C@@H]1CCN(C(=O)c2ccc(S(=O)(=O)NC[C@@H]3CCCO3)cc2)[C@H]2CCCC[C@@H]12. The van der Waals surface area contributed by atoms with Crippen molar-refractivity contribution in [1.29, 1.82) is 0 Å². The van der Waals surface area contributed by atoms with E-state index in [1.807, 2.05) is 4.90 Å². The number of amides is 1. The number of likely N-dealkylation sites (tertiary alicyclic amines) is 1. The fourth-order valence-corrected chi connectivity index (χ4v) is 6.27. The number of ether oxygens (including phenoxy) is 1. The molecule has 2 heterocycles. The van der Waals surface area contributed by atoms with Crippen molar-refractivity contribution in [2.45, 2.75) is 68.9 Å². The highest BCUT2D eigenvalue weighted by atomic mass is 32.2. The van der Waals surface area contributed by atoms with Gasteiger partial charge in [0.2, 0.25) is 10.0 Å². The summed E-state index contributed by atoms with van der Waals surface area (Å²) in [6.07, 6.45) is 7.60. The summed E-state index contributed by atoms with van der Waals surface area (Å²) < 4.78 is 33.2. The second-order valence-corrected chi connectivity index (χ2v) is 10.6. The Kier molecular flexibility index (Phi) is 6.27. The molecule has 0 unspecified atom stereocenters. The molecule has 160 valence electrons. The Bertz CT molecular complexity index is 818. The zero-order chi connectivity index (χ0) is 20.4. The Balaban J connectivity index is 1.43. The molecule has 0 aromatic heterocycles. The Hall–Kier alpha value is -1.44. The number of nitrogens with one attached hydrogen (secondary N) is 1. The summed E-state index contributed by atoms with van der Waals surface area (Å²) in [6, 6.07) is 6.71. The molecule has 6 nitrogen and oxygen atoms in total. The van der Waals surface area contributed by atoms with Gasteiger partial charge in [0.15, 0.2) is 0 Å². The van der Waals surface area contributed by atoms with Crippen LogP contribution < -0.4 is 4.72 Å². The van der Waals surface area contributed by atoms with E-state index in [9.17, 15) is 13.2 Å². The van der Waals surface area contributed by atoms with Crippen molar-refractivity contribution in [2.24, 2.45) is 11.8 Å². The zero-order valence-corrected chi connectivity index (χ0v) is 18.0. The molecular weight excluding hydrogens is 388 g/mol. The van der Waals surface area contributed by atoms with Crippen LogP contribution in [0.15, 0.2) is 29.2 Å². The molecular formula is C22H32N2O4S. The summed E-state index contributed by atoms with van der Waals surface area (Å²) in [5, 5.41) is 0. The van der Waals surface area contributed by atoms with Gasteiger partial charge >= 0.3 is 0 Å². The van der Waals surface area contributed by atoms with Crippen molar-refractivity contribution in [3.8, 4) is 0 Å². The number of hydrogen-bond acceptors (Lipinski definition) is 4. The van der Waals surface area contributed by atoms with E-state index >= 15 is 0 Å². The van der Waals surface area contributed by atoms with Crippen molar-refractivity contribution in [3.05, 3.63) is 29.8 Å². The van der Waals surface area contributed by atoms with Gasteiger partial charge in [0.25, 0.3) is 5.91 Å². The quantitative estimate of drug-likeness (QED) is 0.794. The number of rotatable bonds is 5. The van der Waals surface area contributed by atoms with Crippen molar-refractivity contribution < 1.29 is 17.9 Å². The van der Waals surface area contributed by atoms with Gasteiger partial charge in [0, 0.05) is 31.3 Å². The van der Waals surface area contributed by atoms with Crippen LogP contribution in [0.5, 0.6) is 0 Å². The summed E-state index contributed by atoms with van der Waals surface area (Å²) in [6.45, 7) is 4.09. The predicted molar refractivity (Wildman–Crippen MR) is 111 cm³/mol. The van der Waals surface area contributed by atoms with Crippen LogP contribution in [0.3, 0.4) is 0 Å². The van der Waals surface area contributed by atoms with E-state index < -0.39 is 10.0 Å². The highest BCUT2D eigenvalue weighted by Crippen LogP contribution is 2.39. The molecule has 1 amide bonds. The summed E-state index contributed by atoms with van der Waals surface area (Å²) in [4.78, 5) is 15.4.